The average Bonchev–Trinajstić information content (AvgIpc) is 2.89. The van der Waals surface area contributed by atoms with E-state index in [1.54, 1.807) is 7.11 Å². The Hall–Kier alpha value is -2.30. The molecule has 1 aromatic heterocycles. The molecule has 0 bridgehead atoms. The number of rotatable bonds is 6. The quantitative estimate of drug-likeness (QED) is 0.858. The molecule has 0 saturated heterocycles. The molecule has 2 N–H and O–H groups in total. The van der Waals surface area contributed by atoms with Crippen LogP contribution in [0.3, 0.4) is 0 Å². The first kappa shape index (κ1) is 15.1. The number of amides is 1. The molecule has 0 radical (unpaired) electrons. The summed E-state index contributed by atoms with van der Waals surface area (Å²) in [6.45, 7) is 4.06. The summed E-state index contributed by atoms with van der Waals surface area (Å²) in [6.07, 6.45) is 1.93. The van der Waals surface area contributed by atoms with Crippen molar-refractivity contribution in [3.63, 3.8) is 0 Å². The van der Waals surface area contributed by atoms with Crippen molar-refractivity contribution in [2.24, 2.45) is 0 Å². The third-order valence-corrected chi connectivity index (χ3v) is 3.39. The first-order valence-electron chi connectivity index (χ1n) is 7.16. The van der Waals surface area contributed by atoms with Crippen LogP contribution in [0.1, 0.15) is 30.8 Å². The molecule has 1 aromatic carbocycles. The number of benzene rings is 1. The van der Waals surface area contributed by atoms with Crippen molar-refractivity contribution >= 4 is 11.6 Å². The highest BCUT2D eigenvalue weighted by atomic mass is 16.5. The summed E-state index contributed by atoms with van der Waals surface area (Å²) in [5.41, 5.74) is 3.65. The number of carbonyl (C=O) groups is 1. The summed E-state index contributed by atoms with van der Waals surface area (Å²) in [4.78, 5) is 12.2. The Morgan fingerprint density at radius 3 is 2.52 bits per heavy atom. The Kier molecular flexibility index (Phi) is 4.98. The lowest BCUT2D eigenvalue weighted by atomic mass is 10.1. The zero-order valence-corrected chi connectivity index (χ0v) is 12.7. The molecule has 5 heteroatoms. The number of carbonyl (C=O) groups excluding carboxylic acids is 1. The first-order chi connectivity index (χ1) is 10.2. The lowest BCUT2D eigenvalue weighted by Crippen LogP contribution is -2.16. The van der Waals surface area contributed by atoms with Crippen LogP contribution in [-0.2, 0) is 24.1 Å². The van der Waals surface area contributed by atoms with E-state index in [1.165, 1.54) is 0 Å². The second kappa shape index (κ2) is 6.92. The maximum Gasteiger partial charge on any atom is 0.228 e. The zero-order chi connectivity index (χ0) is 15.2. The van der Waals surface area contributed by atoms with E-state index >= 15 is 0 Å². The smallest absolute Gasteiger partial charge is 0.228 e. The van der Waals surface area contributed by atoms with Gasteiger partial charge in [0.1, 0.15) is 5.75 Å². The van der Waals surface area contributed by atoms with Gasteiger partial charge in [-0.3, -0.25) is 9.89 Å². The summed E-state index contributed by atoms with van der Waals surface area (Å²) in [7, 11) is 1.62. The Bertz CT molecular complexity index is 581. The molecule has 0 atom stereocenters. The van der Waals surface area contributed by atoms with Crippen molar-refractivity contribution in [3.8, 4) is 5.75 Å². The van der Waals surface area contributed by atoms with Crippen LogP contribution >= 0.6 is 0 Å². The van der Waals surface area contributed by atoms with Gasteiger partial charge < -0.3 is 10.1 Å². The van der Waals surface area contributed by atoms with Crippen LogP contribution in [0.15, 0.2) is 24.3 Å². The van der Waals surface area contributed by atoms with Gasteiger partial charge in [0.25, 0.3) is 0 Å². The number of anilines is 1. The van der Waals surface area contributed by atoms with Crippen molar-refractivity contribution in [3.05, 3.63) is 41.2 Å². The fourth-order valence-electron chi connectivity index (χ4n) is 2.19. The number of hydrogen-bond acceptors (Lipinski definition) is 3. The van der Waals surface area contributed by atoms with Gasteiger partial charge in [-0.2, -0.15) is 5.10 Å². The molecule has 5 nitrogen and oxygen atoms in total. The predicted octanol–water partition coefficient (Wildman–Crippen LogP) is 2.72. The van der Waals surface area contributed by atoms with Gasteiger partial charge in [0.15, 0.2) is 0 Å². The monoisotopic (exact) mass is 287 g/mol. The maximum atomic E-state index is 12.2. The Labute approximate surface area is 124 Å². The Balaban J connectivity index is 2.05. The van der Waals surface area contributed by atoms with Gasteiger partial charge in [-0.05, 0) is 30.5 Å². The first-order valence-corrected chi connectivity index (χ1v) is 7.16. The molecule has 0 aliphatic carbocycles. The number of hydrogen-bond donors (Lipinski definition) is 2. The molecule has 21 heavy (non-hydrogen) atoms. The van der Waals surface area contributed by atoms with Crippen LogP contribution in [-0.4, -0.2) is 23.2 Å². The lowest BCUT2D eigenvalue weighted by molar-refractivity contribution is -0.115. The second-order valence-corrected chi connectivity index (χ2v) is 4.80. The fourth-order valence-corrected chi connectivity index (χ4v) is 2.19. The standard InChI is InChI=1S/C16H21N3O2/c1-4-13-16(14(5-2)19-18-13)17-15(20)10-11-6-8-12(21-3)9-7-11/h6-9H,4-5,10H2,1-3H3,(H,17,20)(H,18,19). The van der Waals surface area contributed by atoms with Crippen LogP contribution in [0.5, 0.6) is 5.75 Å². The van der Waals surface area contributed by atoms with E-state index in [0.29, 0.717) is 6.42 Å². The highest BCUT2D eigenvalue weighted by Gasteiger charge is 2.13. The number of aromatic amines is 1. The van der Waals surface area contributed by atoms with Gasteiger partial charge in [0.2, 0.25) is 5.91 Å². The topological polar surface area (TPSA) is 67.0 Å². The molecule has 112 valence electrons. The van der Waals surface area contributed by atoms with Gasteiger partial charge in [-0.15, -0.1) is 0 Å². The largest absolute Gasteiger partial charge is 0.497 e. The van der Waals surface area contributed by atoms with Gasteiger partial charge in [-0.25, -0.2) is 0 Å². The van der Waals surface area contributed by atoms with E-state index in [4.69, 9.17) is 4.74 Å². The number of nitrogens with zero attached hydrogens (tertiary/aromatic N) is 1. The van der Waals surface area contributed by atoms with Gasteiger partial charge in [0, 0.05) is 0 Å². The van der Waals surface area contributed by atoms with Gasteiger partial charge in [-0.1, -0.05) is 26.0 Å². The maximum absolute atomic E-state index is 12.2. The number of H-pyrrole nitrogens is 1. The summed E-state index contributed by atoms with van der Waals surface area (Å²) < 4.78 is 5.11. The molecule has 0 spiro atoms. The SMILES string of the molecule is CCc1n[nH]c(CC)c1NC(=O)Cc1ccc(OC)cc1. The van der Waals surface area contributed by atoms with Crippen molar-refractivity contribution in [2.75, 3.05) is 12.4 Å². The van der Waals surface area contributed by atoms with E-state index in [9.17, 15) is 4.79 Å². The molecule has 2 rings (SSSR count). The molecule has 0 aliphatic rings. The molecule has 1 heterocycles. The van der Waals surface area contributed by atoms with Crippen LogP contribution in [0.25, 0.3) is 0 Å². The normalized spacial score (nSPS) is 10.4. The van der Waals surface area contributed by atoms with Gasteiger partial charge in [0.05, 0.1) is 30.6 Å². The fraction of sp³-hybridized carbons (Fsp3) is 0.375. The van der Waals surface area contributed by atoms with E-state index < -0.39 is 0 Å². The summed E-state index contributed by atoms with van der Waals surface area (Å²) >= 11 is 0. The molecule has 0 aliphatic heterocycles. The number of methoxy groups -OCH3 is 1. The number of aryl methyl sites for hydroxylation is 2. The van der Waals surface area contributed by atoms with Crippen molar-refractivity contribution in [1.29, 1.82) is 0 Å². The molecule has 1 amide bonds. The number of nitrogens with one attached hydrogen (secondary N) is 2. The zero-order valence-electron chi connectivity index (χ0n) is 12.7. The summed E-state index contributed by atoms with van der Waals surface area (Å²) in [5, 5.41) is 10.2. The Morgan fingerprint density at radius 2 is 1.95 bits per heavy atom. The lowest BCUT2D eigenvalue weighted by Gasteiger charge is -2.07. The molecule has 2 aromatic rings. The summed E-state index contributed by atoms with van der Waals surface area (Å²) in [6, 6.07) is 7.51. The average molecular weight is 287 g/mol. The molecule has 0 fully saturated rings. The third-order valence-electron chi connectivity index (χ3n) is 3.39. The van der Waals surface area contributed by atoms with Crippen molar-refractivity contribution in [1.82, 2.24) is 10.2 Å². The van der Waals surface area contributed by atoms with E-state index in [2.05, 4.69) is 15.5 Å². The molecule has 0 saturated carbocycles. The van der Waals surface area contributed by atoms with E-state index in [0.717, 1.165) is 41.2 Å². The summed E-state index contributed by atoms with van der Waals surface area (Å²) in [5.74, 6) is 0.751. The van der Waals surface area contributed by atoms with E-state index in [-0.39, 0.29) is 5.91 Å². The Morgan fingerprint density at radius 1 is 1.24 bits per heavy atom. The van der Waals surface area contributed by atoms with E-state index in [1.807, 2.05) is 38.1 Å². The molecular formula is C16H21N3O2. The van der Waals surface area contributed by atoms with Crippen molar-refractivity contribution < 1.29 is 9.53 Å². The second-order valence-electron chi connectivity index (χ2n) is 4.80. The molecular weight excluding hydrogens is 266 g/mol. The minimum absolute atomic E-state index is 0.0361. The van der Waals surface area contributed by atoms with Crippen LogP contribution in [0.4, 0.5) is 5.69 Å². The van der Waals surface area contributed by atoms with Crippen LogP contribution in [0, 0.1) is 0 Å². The minimum atomic E-state index is -0.0361. The molecule has 0 unspecified atom stereocenters. The third kappa shape index (κ3) is 3.62. The van der Waals surface area contributed by atoms with Crippen LogP contribution in [0.2, 0.25) is 0 Å². The van der Waals surface area contributed by atoms with Crippen LogP contribution < -0.4 is 10.1 Å². The highest BCUT2D eigenvalue weighted by molar-refractivity contribution is 5.93. The highest BCUT2D eigenvalue weighted by Crippen LogP contribution is 2.20. The van der Waals surface area contributed by atoms with Gasteiger partial charge >= 0.3 is 0 Å². The number of ether oxygens (including phenoxy) is 1. The number of aromatic nitrogens is 2. The predicted molar refractivity (Wildman–Crippen MR) is 82.7 cm³/mol. The minimum Gasteiger partial charge on any atom is -0.497 e. The van der Waals surface area contributed by atoms with Crippen molar-refractivity contribution in [2.45, 2.75) is 33.1 Å².